The van der Waals surface area contributed by atoms with Gasteiger partial charge in [0, 0.05) is 30.3 Å². The molecule has 1 aromatic carbocycles. The highest BCUT2D eigenvalue weighted by molar-refractivity contribution is 8.22. The number of fused-ring (bicyclic) bond motifs is 1. The predicted octanol–water partition coefficient (Wildman–Crippen LogP) is 3.26. The van der Waals surface area contributed by atoms with E-state index in [2.05, 4.69) is 22.4 Å². The van der Waals surface area contributed by atoms with E-state index >= 15 is 0 Å². The van der Waals surface area contributed by atoms with E-state index in [9.17, 15) is 0 Å². The number of pyridine rings is 1. The number of aromatic nitrogens is 1. The van der Waals surface area contributed by atoms with E-state index in [1.54, 1.807) is 0 Å². The number of thiocarbonyl (C=S) groups is 1. The van der Waals surface area contributed by atoms with Crippen LogP contribution < -0.4 is 5.32 Å². The first-order chi connectivity index (χ1) is 9.29. The van der Waals surface area contributed by atoms with Crippen molar-refractivity contribution in [1.29, 1.82) is 5.26 Å². The summed E-state index contributed by atoms with van der Waals surface area (Å²) in [6.07, 6.45) is 2.38. The van der Waals surface area contributed by atoms with Crippen LogP contribution in [0.15, 0.2) is 36.5 Å². The molecule has 96 valence electrons. The highest BCUT2D eigenvalue weighted by atomic mass is 32.2. The Labute approximate surface area is 122 Å². The smallest absolute Gasteiger partial charge is 0.134 e. The Bertz CT molecular complexity index is 619. The fourth-order valence-corrected chi connectivity index (χ4v) is 2.50. The average molecular weight is 287 g/mol. The first-order valence-corrected chi connectivity index (χ1v) is 7.30. The quantitative estimate of drug-likeness (QED) is 0.691. The lowest BCUT2D eigenvalue weighted by molar-refractivity contribution is 0.934. The molecule has 2 rings (SSSR count). The highest BCUT2D eigenvalue weighted by Gasteiger charge is 2.00. The van der Waals surface area contributed by atoms with Gasteiger partial charge in [0.1, 0.15) is 4.32 Å². The van der Waals surface area contributed by atoms with Crippen molar-refractivity contribution in [3.63, 3.8) is 0 Å². The molecular weight excluding hydrogens is 274 g/mol. The minimum absolute atomic E-state index is 0.518. The second-order valence-corrected chi connectivity index (χ2v) is 5.71. The van der Waals surface area contributed by atoms with Crippen molar-refractivity contribution in [2.24, 2.45) is 0 Å². The van der Waals surface area contributed by atoms with E-state index in [4.69, 9.17) is 17.5 Å². The van der Waals surface area contributed by atoms with Crippen molar-refractivity contribution in [2.75, 3.05) is 5.75 Å². The Hall–Kier alpha value is -1.64. The molecule has 0 saturated heterocycles. The van der Waals surface area contributed by atoms with Crippen molar-refractivity contribution < 1.29 is 0 Å². The largest absolute Gasteiger partial charge is 0.367 e. The van der Waals surface area contributed by atoms with Crippen LogP contribution in [0.3, 0.4) is 0 Å². The summed E-state index contributed by atoms with van der Waals surface area (Å²) in [5.41, 5.74) is 2.10. The van der Waals surface area contributed by atoms with Gasteiger partial charge in [-0.05, 0) is 17.7 Å². The number of rotatable bonds is 4. The molecule has 0 aliphatic heterocycles. The van der Waals surface area contributed by atoms with Gasteiger partial charge in [0.05, 0.1) is 11.6 Å². The van der Waals surface area contributed by atoms with Crippen LogP contribution in [-0.2, 0) is 6.54 Å². The van der Waals surface area contributed by atoms with Crippen LogP contribution in [0.1, 0.15) is 12.0 Å². The van der Waals surface area contributed by atoms with Gasteiger partial charge in [-0.3, -0.25) is 4.98 Å². The molecule has 3 nitrogen and oxygen atoms in total. The van der Waals surface area contributed by atoms with E-state index in [1.807, 2.05) is 30.5 Å². The minimum Gasteiger partial charge on any atom is -0.367 e. The molecule has 1 N–H and O–H groups in total. The van der Waals surface area contributed by atoms with Crippen LogP contribution >= 0.6 is 24.0 Å². The molecule has 5 heteroatoms. The van der Waals surface area contributed by atoms with Crippen molar-refractivity contribution in [1.82, 2.24) is 10.3 Å². The van der Waals surface area contributed by atoms with Gasteiger partial charge in [0.2, 0.25) is 0 Å². The normalized spacial score (nSPS) is 10.1. The fraction of sp³-hybridized carbons (Fsp3) is 0.214. The maximum atomic E-state index is 8.45. The Morgan fingerprint density at radius 2 is 2.26 bits per heavy atom. The first kappa shape index (κ1) is 13.8. The maximum Gasteiger partial charge on any atom is 0.134 e. The second-order valence-electron chi connectivity index (χ2n) is 3.93. The number of nitrogens with one attached hydrogen (secondary N) is 1. The van der Waals surface area contributed by atoms with Crippen LogP contribution in [-0.4, -0.2) is 15.1 Å². The van der Waals surface area contributed by atoms with Gasteiger partial charge >= 0.3 is 0 Å². The monoisotopic (exact) mass is 287 g/mol. The standard InChI is InChI=1S/C14H13N3S2/c15-6-3-7-19-14(18)17-10-11-8-12-4-1-2-5-13(12)16-9-11/h1-2,4-5,8-9H,3,7,10H2,(H,17,18). The first-order valence-electron chi connectivity index (χ1n) is 5.91. The molecule has 0 bridgehead atoms. The third-order valence-electron chi connectivity index (χ3n) is 2.53. The third-order valence-corrected chi connectivity index (χ3v) is 3.84. The zero-order valence-corrected chi connectivity index (χ0v) is 11.9. The maximum absolute atomic E-state index is 8.45. The van der Waals surface area contributed by atoms with Crippen molar-refractivity contribution in [3.8, 4) is 6.07 Å². The van der Waals surface area contributed by atoms with E-state index in [-0.39, 0.29) is 0 Å². The molecule has 0 spiro atoms. The zero-order valence-electron chi connectivity index (χ0n) is 10.3. The van der Waals surface area contributed by atoms with Crippen molar-refractivity contribution in [3.05, 3.63) is 42.1 Å². The molecule has 0 aliphatic rings. The van der Waals surface area contributed by atoms with Crippen LogP contribution in [0.5, 0.6) is 0 Å². The second kappa shape index (κ2) is 7.07. The van der Waals surface area contributed by atoms with Gasteiger partial charge in [0.15, 0.2) is 0 Å². The molecule has 2 aromatic rings. The number of nitrogens with zero attached hydrogens (tertiary/aromatic N) is 2. The van der Waals surface area contributed by atoms with E-state index in [0.29, 0.717) is 13.0 Å². The molecule has 0 radical (unpaired) electrons. The lowest BCUT2D eigenvalue weighted by Gasteiger charge is -2.07. The molecule has 0 fully saturated rings. The molecule has 0 amide bonds. The topological polar surface area (TPSA) is 48.7 Å². The van der Waals surface area contributed by atoms with Crippen LogP contribution in [0.25, 0.3) is 10.9 Å². The van der Waals surface area contributed by atoms with Crippen LogP contribution in [0.2, 0.25) is 0 Å². The molecule has 0 saturated carbocycles. The van der Waals surface area contributed by atoms with Gasteiger partial charge in [-0.1, -0.05) is 42.2 Å². The lowest BCUT2D eigenvalue weighted by Crippen LogP contribution is -2.18. The molecule has 0 unspecified atom stereocenters. The number of hydrogen-bond donors (Lipinski definition) is 1. The summed E-state index contributed by atoms with van der Waals surface area (Å²) in [4.78, 5) is 4.40. The zero-order chi connectivity index (χ0) is 13.5. The van der Waals surface area contributed by atoms with E-state index in [1.165, 1.54) is 11.8 Å². The van der Waals surface area contributed by atoms with Gasteiger partial charge in [-0.2, -0.15) is 5.26 Å². The van der Waals surface area contributed by atoms with Crippen LogP contribution in [0.4, 0.5) is 0 Å². The SMILES string of the molecule is N#CCCSC(=S)NCc1cnc2ccccc2c1. The summed E-state index contributed by atoms with van der Waals surface area (Å²) in [6.45, 7) is 0.663. The van der Waals surface area contributed by atoms with Gasteiger partial charge < -0.3 is 5.32 Å². The summed E-state index contributed by atoms with van der Waals surface area (Å²) < 4.78 is 0.725. The number of hydrogen-bond acceptors (Lipinski definition) is 4. The summed E-state index contributed by atoms with van der Waals surface area (Å²) >= 11 is 6.69. The van der Waals surface area contributed by atoms with Crippen LogP contribution in [0, 0.1) is 11.3 Å². The predicted molar refractivity (Wildman–Crippen MR) is 83.9 cm³/mol. The molecule has 0 atom stereocenters. The summed E-state index contributed by atoms with van der Waals surface area (Å²) in [6, 6.07) is 12.2. The lowest BCUT2D eigenvalue weighted by atomic mass is 10.1. The van der Waals surface area contributed by atoms with E-state index < -0.39 is 0 Å². The van der Waals surface area contributed by atoms with Gasteiger partial charge in [-0.25, -0.2) is 0 Å². The number of para-hydroxylation sites is 1. The van der Waals surface area contributed by atoms with Crippen molar-refractivity contribution in [2.45, 2.75) is 13.0 Å². The Morgan fingerprint density at radius 3 is 3.11 bits per heavy atom. The molecule has 0 aliphatic carbocycles. The summed E-state index contributed by atoms with van der Waals surface area (Å²) in [7, 11) is 0. The van der Waals surface area contributed by atoms with Crippen molar-refractivity contribution >= 4 is 39.2 Å². The minimum atomic E-state index is 0.518. The third kappa shape index (κ3) is 4.19. The van der Waals surface area contributed by atoms with E-state index in [0.717, 1.165) is 26.5 Å². The summed E-state index contributed by atoms with van der Waals surface area (Å²) in [5, 5.41) is 12.7. The molecular formula is C14H13N3S2. The molecule has 1 aromatic heterocycles. The number of nitriles is 1. The van der Waals surface area contributed by atoms with Gasteiger partial charge in [-0.15, -0.1) is 0 Å². The Kier molecular flexibility index (Phi) is 5.13. The Morgan fingerprint density at radius 1 is 1.42 bits per heavy atom. The Balaban J connectivity index is 1.91. The number of thioether (sulfide) groups is 1. The molecule has 1 heterocycles. The number of benzene rings is 1. The summed E-state index contributed by atoms with van der Waals surface area (Å²) in [5.74, 6) is 0.734. The van der Waals surface area contributed by atoms with Gasteiger partial charge in [0.25, 0.3) is 0 Å². The molecule has 19 heavy (non-hydrogen) atoms. The fourth-order valence-electron chi connectivity index (χ4n) is 1.63. The highest BCUT2D eigenvalue weighted by Crippen LogP contribution is 2.13. The average Bonchev–Trinajstić information content (AvgIpc) is 2.45.